The SMILES string of the molecule is Cc1ccc(N(CC(=O)N/N=C\c2ccc(Cl)cc2)S(C)(=O)=O)cc1. The van der Waals surface area contributed by atoms with Crippen molar-refractivity contribution in [1.29, 1.82) is 0 Å². The highest BCUT2D eigenvalue weighted by Crippen LogP contribution is 2.17. The summed E-state index contributed by atoms with van der Waals surface area (Å²) in [5, 5.41) is 4.43. The first-order chi connectivity index (χ1) is 11.8. The van der Waals surface area contributed by atoms with Crippen molar-refractivity contribution < 1.29 is 13.2 Å². The number of hydrogen-bond donors (Lipinski definition) is 1. The zero-order valence-electron chi connectivity index (χ0n) is 13.8. The summed E-state index contributed by atoms with van der Waals surface area (Å²) in [6, 6.07) is 13.8. The Morgan fingerprint density at radius 3 is 2.32 bits per heavy atom. The van der Waals surface area contributed by atoms with Gasteiger partial charge in [-0.15, -0.1) is 0 Å². The molecule has 0 radical (unpaired) electrons. The molecular weight excluding hydrogens is 362 g/mol. The van der Waals surface area contributed by atoms with Crippen LogP contribution in [0.3, 0.4) is 0 Å². The van der Waals surface area contributed by atoms with E-state index in [4.69, 9.17) is 11.6 Å². The number of rotatable bonds is 6. The number of anilines is 1. The molecule has 0 unspecified atom stereocenters. The van der Waals surface area contributed by atoms with Crippen LogP contribution >= 0.6 is 11.6 Å². The minimum atomic E-state index is -3.60. The van der Waals surface area contributed by atoms with Crippen LogP contribution in [0.2, 0.25) is 5.02 Å². The molecular formula is C17H18ClN3O3S. The van der Waals surface area contributed by atoms with Gasteiger partial charge in [-0.3, -0.25) is 9.10 Å². The Labute approximate surface area is 152 Å². The lowest BCUT2D eigenvalue weighted by molar-refractivity contribution is -0.119. The number of nitrogens with zero attached hydrogens (tertiary/aromatic N) is 2. The van der Waals surface area contributed by atoms with E-state index >= 15 is 0 Å². The van der Waals surface area contributed by atoms with E-state index in [-0.39, 0.29) is 6.54 Å². The van der Waals surface area contributed by atoms with Gasteiger partial charge in [0.15, 0.2) is 0 Å². The van der Waals surface area contributed by atoms with Crippen LogP contribution in [0.1, 0.15) is 11.1 Å². The summed E-state index contributed by atoms with van der Waals surface area (Å²) in [5.74, 6) is -0.545. The fraction of sp³-hybridized carbons (Fsp3) is 0.176. The molecule has 0 aromatic heterocycles. The van der Waals surface area contributed by atoms with Gasteiger partial charge in [-0.2, -0.15) is 5.10 Å². The Balaban J connectivity index is 2.04. The number of carbonyl (C=O) groups is 1. The molecule has 2 rings (SSSR count). The van der Waals surface area contributed by atoms with Gasteiger partial charge in [0, 0.05) is 5.02 Å². The third kappa shape index (κ3) is 5.88. The molecule has 6 nitrogen and oxygen atoms in total. The Hall–Kier alpha value is -2.38. The summed E-state index contributed by atoms with van der Waals surface area (Å²) >= 11 is 5.79. The van der Waals surface area contributed by atoms with Crippen LogP contribution in [0.25, 0.3) is 0 Å². The molecule has 2 aromatic rings. The van der Waals surface area contributed by atoms with Crippen molar-refractivity contribution in [3.05, 3.63) is 64.7 Å². The van der Waals surface area contributed by atoms with Crippen molar-refractivity contribution in [3.8, 4) is 0 Å². The van der Waals surface area contributed by atoms with Gasteiger partial charge >= 0.3 is 0 Å². The maximum absolute atomic E-state index is 12.0. The lowest BCUT2D eigenvalue weighted by atomic mass is 10.2. The van der Waals surface area contributed by atoms with E-state index in [1.54, 1.807) is 48.5 Å². The first-order valence-corrected chi connectivity index (χ1v) is 9.60. The average molecular weight is 380 g/mol. The Morgan fingerprint density at radius 1 is 1.16 bits per heavy atom. The lowest BCUT2D eigenvalue weighted by Crippen LogP contribution is -2.39. The highest BCUT2D eigenvalue weighted by molar-refractivity contribution is 7.92. The van der Waals surface area contributed by atoms with E-state index in [9.17, 15) is 13.2 Å². The molecule has 2 aromatic carbocycles. The number of sulfonamides is 1. The number of hydrogen-bond acceptors (Lipinski definition) is 4. The van der Waals surface area contributed by atoms with Crippen LogP contribution in [0.4, 0.5) is 5.69 Å². The van der Waals surface area contributed by atoms with Crippen molar-refractivity contribution in [2.24, 2.45) is 5.10 Å². The number of nitrogens with one attached hydrogen (secondary N) is 1. The van der Waals surface area contributed by atoms with Crippen LogP contribution in [-0.2, 0) is 14.8 Å². The van der Waals surface area contributed by atoms with Crippen LogP contribution in [0.5, 0.6) is 0 Å². The standard InChI is InChI=1S/C17H18ClN3O3S/c1-13-3-9-16(10-4-13)21(25(2,23)24)12-17(22)20-19-11-14-5-7-15(18)8-6-14/h3-11H,12H2,1-2H3,(H,20,22)/b19-11-. The minimum absolute atomic E-state index is 0.361. The van der Waals surface area contributed by atoms with Gasteiger partial charge in [-0.25, -0.2) is 13.8 Å². The van der Waals surface area contributed by atoms with Gasteiger partial charge in [0.05, 0.1) is 18.2 Å². The molecule has 0 aliphatic heterocycles. The molecule has 8 heteroatoms. The second-order valence-corrected chi connectivity index (χ2v) is 7.79. The average Bonchev–Trinajstić information content (AvgIpc) is 2.54. The normalized spacial score (nSPS) is 11.5. The number of halogens is 1. The molecule has 1 amide bonds. The smallest absolute Gasteiger partial charge is 0.260 e. The second-order valence-electron chi connectivity index (χ2n) is 5.45. The van der Waals surface area contributed by atoms with Crippen LogP contribution < -0.4 is 9.73 Å². The predicted octanol–water partition coefficient (Wildman–Crippen LogP) is 2.56. The third-order valence-electron chi connectivity index (χ3n) is 3.28. The number of amides is 1. The van der Waals surface area contributed by atoms with Crippen molar-refractivity contribution in [3.63, 3.8) is 0 Å². The minimum Gasteiger partial charge on any atom is -0.271 e. The summed E-state index contributed by atoms with van der Waals surface area (Å²) in [6.07, 6.45) is 2.50. The van der Waals surface area contributed by atoms with Gasteiger partial charge < -0.3 is 0 Å². The molecule has 0 spiro atoms. The van der Waals surface area contributed by atoms with Gasteiger partial charge in [0.1, 0.15) is 6.54 Å². The predicted molar refractivity (Wildman–Crippen MR) is 101 cm³/mol. The van der Waals surface area contributed by atoms with E-state index in [1.165, 1.54) is 6.21 Å². The monoisotopic (exact) mass is 379 g/mol. The summed E-state index contributed by atoms with van der Waals surface area (Å²) < 4.78 is 25.0. The van der Waals surface area contributed by atoms with Gasteiger partial charge in [0.25, 0.3) is 5.91 Å². The summed E-state index contributed by atoms with van der Waals surface area (Å²) in [4.78, 5) is 12.0. The van der Waals surface area contributed by atoms with Gasteiger partial charge in [-0.05, 0) is 36.8 Å². The van der Waals surface area contributed by atoms with E-state index in [2.05, 4.69) is 10.5 Å². The van der Waals surface area contributed by atoms with Crippen LogP contribution in [0, 0.1) is 6.92 Å². The molecule has 0 saturated carbocycles. The molecule has 0 aliphatic rings. The van der Waals surface area contributed by atoms with Gasteiger partial charge in [-0.1, -0.05) is 41.4 Å². The first kappa shape index (κ1) is 19.0. The molecule has 0 fully saturated rings. The third-order valence-corrected chi connectivity index (χ3v) is 4.67. The Bertz CT molecular complexity index is 863. The van der Waals surface area contributed by atoms with Crippen LogP contribution in [0.15, 0.2) is 53.6 Å². The molecule has 0 aliphatic carbocycles. The summed E-state index contributed by atoms with van der Waals surface area (Å²) in [7, 11) is -3.60. The van der Waals surface area contributed by atoms with E-state index < -0.39 is 15.9 Å². The number of carbonyl (C=O) groups excluding carboxylic acids is 1. The largest absolute Gasteiger partial charge is 0.271 e. The lowest BCUT2D eigenvalue weighted by Gasteiger charge is -2.21. The molecule has 132 valence electrons. The Morgan fingerprint density at radius 2 is 1.76 bits per heavy atom. The summed E-state index contributed by atoms with van der Waals surface area (Å²) in [5.41, 5.74) is 4.49. The number of hydrazone groups is 1. The van der Waals surface area contributed by atoms with E-state index in [0.717, 1.165) is 21.7 Å². The van der Waals surface area contributed by atoms with Crippen molar-refractivity contribution in [1.82, 2.24) is 5.43 Å². The van der Waals surface area contributed by atoms with E-state index in [1.807, 2.05) is 6.92 Å². The highest BCUT2D eigenvalue weighted by Gasteiger charge is 2.20. The fourth-order valence-electron chi connectivity index (χ4n) is 2.00. The zero-order chi connectivity index (χ0) is 18.4. The maximum Gasteiger partial charge on any atom is 0.260 e. The highest BCUT2D eigenvalue weighted by atomic mass is 35.5. The van der Waals surface area contributed by atoms with E-state index in [0.29, 0.717) is 10.7 Å². The molecule has 0 atom stereocenters. The maximum atomic E-state index is 12.0. The zero-order valence-corrected chi connectivity index (χ0v) is 15.4. The number of aryl methyl sites for hydroxylation is 1. The summed E-state index contributed by atoms with van der Waals surface area (Å²) in [6.45, 7) is 1.53. The molecule has 0 heterocycles. The van der Waals surface area contributed by atoms with Crippen LogP contribution in [-0.4, -0.2) is 33.3 Å². The fourth-order valence-corrected chi connectivity index (χ4v) is 2.99. The molecule has 0 bridgehead atoms. The van der Waals surface area contributed by atoms with Crippen molar-refractivity contribution >= 4 is 39.4 Å². The second kappa shape index (κ2) is 8.13. The quantitative estimate of drug-likeness (QED) is 0.618. The van der Waals surface area contributed by atoms with Crippen molar-refractivity contribution in [2.45, 2.75) is 6.92 Å². The van der Waals surface area contributed by atoms with Gasteiger partial charge in [0.2, 0.25) is 10.0 Å². The molecule has 25 heavy (non-hydrogen) atoms. The Kier molecular flexibility index (Phi) is 6.17. The molecule has 1 N–H and O–H groups in total. The topological polar surface area (TPSA) is 78.8 Å². The number of benzene rings is 2. The first-order valence-electron chi connectivity index (χ1n) is 7.37. The molecule has 0 saturated heterocycles. The van der Waals surface area contributed by atoms with Crippen molar-refractivity contribution in [2.75, 3.05) is 17.1 Å².